The molecular weight excluding hydrogens is 667 g/mol. The van der Waals surface area contributed by atoms with E-state index in [0.29, 0.717) is 43.3 Å². The lowest BCUT2D eigenvalue weighted by Crippen LogP contribution is -2.49. The average Bonchev–Trinajstić information content (AvgIpc) is 3.49. The highest BCUT2D eigenvalue weighted by Gasteiger charge is 2.68. The van der Waals surface area contributed by atoms with Crippen molar-refractivity contribution in [1.29, 1.82) is 0 Å². The molecule has 3 aromatic carbocycles. The lowest BCUT2D eigenvalue weighted by atomic mass is 9.51. The zero-order chi connectivity index (χ0) is 35.8. The number of hydrogen-bond acceptors (Lipinski definition) is 8. The maximum atomic E-state index is 14.5. The lowest BCUT2D eigenvalue weighted by Gasteiger charge is -2.49. The second-order valence-corrected chi connectivity index (χ2v) is 13.9. The summed E-state index contributed by atoms with van der Waals surface area (Å²) >= 11 is 0. The zero-order valence-corrected chi connectivity index (χ0v) is 27.5. The normalized spacial score (nSPS) is 29.1. The largest absolute Gasteiger partial charge is 0.573 e. The summed E-state index contributed by atoms with van der Waals surface area (Å²) in [7, 11) is 0. The molecule has 51 heavy (non-hydrogen) atoms. The zero-order valence-electron chi connectivity index (χ0n) is 27.5. The third-order valence-corrected chi connectivity index (χ3v) is 11.3. The fourth-order valence-corrected chi connectivity index (χ4v) is 9.03. The molecule has 3 aliphatic heterocycles. The van der Waals surface area contributed by atoms with E-state index in [4.69, 9.17) is 4.74 Å². The van der Waals surface area contributed by atoms with Gasteiger partial charge in [0.1, 0.15) is 11.5 Å². The van der Waals surface area contributed by atoms with Crippen molar-refractivity contribution in [1.82, 2.24) is 0 Å². The second-order valence-electron chi connectivity index (χ2n) is 13.9. The number of hydrogen-bond donors (Lipinski definition) is 1. The van der Waals surface area contributed by atoms with Gasteiger partial charge in [-0.15, -0.1) is 13.2 Å². The van der Waals surface area contributed by atoms with Crippen LogP contribution in [0.2, 0.25) is 0 Å². The minimum atomic E-state index is -5.03. The van der Waals surface area contributed by atoms with E-state index < -0.39 is 70.6 Å². The molecular formula is C38H34F3N3O7. The molecule has 1 saturated carbocycles. The molecule has 0 radical (unpaired) electrons. The van der Waals surface area contributed by atoms with E-state index in [1.807, 2.05) is 12.1 Å². The van der Waals surface area contributed by atoms with Gasteiger partial charge in [0.2, 0.25) is 23.6 Å². The van der Waals surface area contributed by atoms with Gasteiger partial charge in [-0.2, -0.15) is 0 Å². The fraction of sp³-hybridized carbons (Fsp3) is 0.368. The SMILES string of the molecule is CC12C(=O)N(c3ccccc3)C(=O)C1CC1C(=CCC3C(=O)N(c4ccc(N5CCOCC5)cc4)C(=O)C31)C2c1cc(OC(F)(F)F)ccc1O. The summed E-state index contributed by atoms with van der Waals surface area (Å²) in [5.41, 5.74) is 0.594. The average molecular weight is 702 g/mol. The van der Waals surface area contributed by atoms with E-state index in [1.165, 1.54) is 4.90 Å². The van der Waals surface area contributed by atoms with E-state index in [-0.39, 0.29) is 24.3 Å². The number of phenolic OH excluding ortho intramolecular Hbond substituents is 1. The highest BCUT2D eigenvalue weighted by molar-refractivity contribution is 6.25. The summed E-state index contributed by atoms with van der Waals surface area (Å²) in [5.74, 6) is -7.43. The van der Waals surface area contributed by atoms with Crippen molar-refractivity contribution in [3.05, 3.63) is 90.0 Å². The number of ether oxygens (including phenoxy) is 2. The highest BCUT2D eigenvalue weighted by Crippen LogP contribution is 2.64. The first-order chi connectivity index (χ1) is 24.4. The number of nitrogens with zero attached hydrogens (tertiary/aromatic N) is 3. The number of anilines is 3. The Balaban J connectivity index is 1.21. The minimum Gasteiger partial charge on any atom is -0.508 e. The van der Waals surface area contributed by atoms with E-state index in [0.717, 1.165) is 28.8 Å². The molecule has 264 valence electrons. The van der Waals surface area contributed by atoms with Gasteiger partial charge < -0.3 is 19.5 Å². The Labute approximate surface area is 291 Å². The van der Waals surface area contributed by atoms with E-state index >= 15 is 0 Å². The summed E-state index contributed by atoms with van der Waals surface area (Å²) in [6.07, 6.45) is -3.08. The van der Waals surface area contributed by atoms with Crippen LogP contribution in [0.3, 0.4) is 0 Å². The Hall–Kier alpha value is -5.17. The Morgan fingerprint density at radius 3 is 2.18 bits per heavy atom. The van der Waals surface area contributed by atoms with Crippen molar-refractivity contribution in [2.45, 2.75) is 32.0 Å². The van der Waals surface area contributed by atoms with Crippen LogP contribution in [0, 0.1) is 29.1 Å². The van der Waals surface area contributed by atoms with Crippen LogP contribution >= 0.6 is 0 Å². The van der Waals surface area contributed by atoms with Crippen molar-refractivity contribution in [2.75, 3.05) is 41.0 Å². The number of imide groups is 2. The lowest BCUT2D eigenvalue weighted by molar-refractivity contribution is -0.274. The van der Waals surface area contributed by atoms with Crippen molar-refractivity contribution < 1.29 is 46.9 Å². The number of phenols is 1. The predicted octanol–water partition coefficient (Wildman–Crippen LogP) is 5.56. The number of amides is 4. The number of fused-ring (bicyclic) bond motifs is 4. The standard InChI is InChI=1S/C38H34F3N3O7/c1-37-29(34(47)44(36(37)49)22-5-3-2-4-6-22)20-27-25(32(37)28-19-24(11-14-30(28)45)51-38(39,40)41)12-13-26-31(27)35(48)43(33(26)46)23-9-7-21(8-10-23)42-15-17-50-18-16-42/h2-12,14,19,26-27,29,31-32,45H,13,15-18,20H2,1H3. The highest BCUT2D eigenvalue weighted by atomic mass is 19.4. The van der Waals surface area contributed by atoms with Crippen molar-refractivity contribution in [2.24, 2.45) is 29.1 Å². The number of carbonyl (C=O) groups is 4. The Kier molecular flexibility index (Phi) is 7.74. The number of carbonyl (C=O) groups excluding carboxylic acids is 4. The van der Waals surface area contributed by atoms with E-state index in [1.54, 1.807) is 55.5 Å². The van der Waals surface area contributed by atoms with Crippen molar-refractivity contribution >= 4 is 40.7 Å². The van der Waals surface area contributed by atoms with Gasteiger partial charge >= 0.3 is 6.36 Å². The van der Waals surface area contributed by atoms with Gasteiger partial charge in [-0.3, -0.25) is 24.1 Å². The number of morpholine rings is 1. The molecule has 6 atom stereocenters. The number of halogens is 3. The summed E-state index contributed by atoms with van der Waals surface area (Å²) in [5, 5.41) is 11.2. The van der Waals surface area contributed by atoms with E-state index in [9.17, 15) is 37.5 Å². The van der Waals surface area contributed by atoms with Crippen LogP contribution in [-0.2, 0) is 23.9 Å². The fourth-order valence-electron chi connectivity index (χ4n) is 9.03. The molecule has 6 unspecified atom stereocenters. The molecule has 13 heteroatoms. The van der Waals surface area contributed by atoms with Crippen molar-refractivity contribution in [3.63, 3.8) is 0 Å². The van der Waals surface area contributed by atoms with Gasteiger partial charge in [-0.05, 0) is 80.3 Å². The number of benzene rings is 3. The second kappa shape index (κ2) is 12.0. The quantitative estimate of drug-likeness (QED) is 0.272. The molecule has 10 nitrogen and oxygen atoms in total. The molecule has 4 amide bonds. The molecule has 3 aromatic rings. The molecule has 3 heterocycles. The van der Waals surface area contributed by atoms with Crippen LogP contribution in [0.25, 0.3) is 0 Å². The number of aromatic hydroxyl groups is 1. The number of rotatable bonds is 5. The maximum Gasteiger partial charge on any atom is 0.573 e. The summed E-state index contributed by atoms with van der Waals surface area (Å²) in [4.78, 5) is 61.7. The molecule has 0 spiro atoms. The van der Waals surface area contributed by atoms with Gasteiger partial charge in [-0.25, -0.2) is 4.90 Å². The van der Waals surface area contributed by atoms with Crippen LogP contribution in [0.4, 0.5) is 30.2 Å². The van der Waals surface area contributed by atoms with Crippen LogP contribution in [0.5, 0.6) is 11.5 Å². The Morgan fingerprint density at radius 1 is 0.824 bits per heavy atom. The topological polar surface area (TPSA) is 117 Å². The first-order valence-corrected chi connectivity index (χ1v) is 16.9. The van der Waals surface area contributed by atoms with Gasteiger partial charge in [0.05, 0.1) is 47.8 Å². The maximum absolute atomic E-state index is 14.5. The molecule has 1 N–H and O–H groups in total. The third kappa shape index (κ3) is 5.19. The van der Waals surface area contributed by atoms with Gasteiger partial charge in [-0.1, -0.05) is 29.8 Å². The third-order valence-electron chi connectivity index (χ3n) is 11.3. The van der Waals surface area contributed by atoms with E-state index in [2.05, 4.69) is 9.64 Å². The van der Waals surface area contributed by atoms with Gasteiger partial charge in [0.15, 0.2) is 0 Å². The first-order valence-electron chi connectivity index (χ1n) is 16.9. The van der Waals surface area contributed by atoms with Gasteiger partial charge in [0.25, 0.3) is 0 Å². The molecule has 0 bridgehead atoms. The molecule has 4 fully saturated rings. The van der Waals surface area contributed by atoms with Gasteiger partial charge in [0, 0.05) is 30.3 Å². The van der Waals surface area contributed by atoms with Crippen LogP contribution in [0.15, 0.2) is 84.4 Å². The monoisotopic (exact) mass is 701 g/mol. The smallest absolute Gasteiger partial charge is 0.508 e. The van der Waals surface area contributed by atoms with Crippen LogP contribution in [-0.4, -0.2) is 61.4 Å². The predicted molar refractivity (Wildman–Crippen MR) is 178 cm³/mol. The molecule has 2 aliphatic carbocycles. The van der Waals surface area contributed by atoms with Crippen LogP contribution < -0.4 is 19.4 Å². The number of allylic oxidation sites excluding steroid dienone is 2. The molecule has 3 saturated heterocycles. The molecule has 0 aromatic heterocycles. The van der Waals surface area contributed by atoms with Crippen molar-refractivity contribution in [3.8, 4) is 11.5 Å². The summed E-state index contributed by atoms with van der Waals surface area (Å²) in [6, 6.07) is 18.6. The number of alkyl halides is 3. The minimum absolute atomic E-state index is 0.0398. The molecule has 5 aliphatic rings. The summed E-state index contributed by atoms with van der Waals surface area (Å²) < 4.78 is 49.7. The Bertz CT molecular complexity index is 1960. The molecule has 8 rings (SSSR count). The Morgan fingerprint density at radius 2 is 1.49 bits per heavy atom. The first kappa shape index (κ1) is 33.0. The van der Waals surface area contributed by atoms with Crippen LogP contribution in [0.1, 0.15) is 31.2 Å². The summed E-state index contributed by atoms with van der Waals surface area (Å²) in [6.45, 7) is 4.22. The number of para-hydroxylation sites is 1.